The van der Waals surface area contributed by atoms with E-state index in [0.717, 1.165) is 47.2 Å². The zero-order valence-electron chi connectivity index (χ0n) is 12.8. The molecule has 2 aromatic rings. The lowest BCUT2D eigenvalue weighted by atomic mass is 9.93. The van der Waals surface area contributed by atoms with Gasteiger partial charge in [-0.1, -0.05) is 0 Å². The Morgan fingerprint density at radius 2 is 2.09 bits per heavy atom. The summed E-state index contributed by atoms with van der Waals surface area (Å²) in [7, 11) is 0. The Bertz CT molecular complexity index is 819. The van der Waals surface area contributed by atoms with E-state index in [0.29, 0.717) is 5.56 Å². The van der Waals surface area contributed by atoms with Crippen LogP contribution in [0.25, 0.3) is 17.2 Å². The number of hydrogen-bond acceptors (Lipinski definition) is 4. The summed E-state index contributed by atoms with van der Waals surface area (Å²) >= 11 is 0. The van der Waals surface area contributed by atoms with Gasteiger partial charge in [-0.05, 0) is 54.7 Å². The van der Waals surface area contributed by atoms with Crippen molar-refractivity contribution >= 4 is 12.0 Å². The Labute approximate surface area is 134 Å². The smallest absolute Gasteiger partial charge is 0.247 e. The van der Waals surface area contributed by atoms with E-state index in [1.807, 2.05) is 25.1 Å². The fourth-order valence-corrected chi connectivity index (χ4v) is 2.72. The highest BCUT2D eigenvalue weighted by molar-refractivity contribution is 5.99. The van der Waals surface area contributed by atoms with E-state index >= 15 is 0 Å². The maximum atomic E-state index is 12.0. The first-order valence-electron chi connectivity index (χ1n) is 7.48. The second-order valence-corrected chi connectivity index (χ2v) is 5.51. The van der Waals surface area contributed by atoms with Gasteiger partial charge in [-0.15, -0.1) is 0 Å². The van der Waals surface area contributed by atoms with Gasteiger partial charge in [0.05, 0.1) is 11.6 Å². The Morgan fingerprint density at radius 3 is 2.78 bits per heavy atom. The van der Waals surface area contributed by atoms with E-state index in [1.165, 1.54) is 6.33 Å². The minimum Gasteiger partial charge on any atom is -0.352 e. The Morgan fingerprint density at radius 1 is 1.30 bits per heavy atom. The van der Waals surface area contributed by atoms with Crippen LogP contribution >= 0.6 is 0 Å². The summed E-state index contributed by atoms with van der Waals surface area (Å²) in [6, 6.07) is 5.83. The highest BCUT2D eigenvalue weighted by Gasteiger charge is 2.15. The lowest BCUT2D eigenvalue weighted by Gasteiger charge is -2.16. The molecule has 1 aliphatic rings. The van der Waals surface area contributed by atoms with E-state index in [4.69, 9.17) is 0 Å². The molecule has 0 atom stereocenters. The number of carbonyl (C=O) groups excluding carboxylic acids is 1. The molecule has 2 heterocycles. The zero-order valence-corrected chi connectivity index (χ0v) is 12.8. The van der Waals surface area contributed by atoms with Crippen LogP contribution in [-0.4, -0.2) is 22.4 Å². The molecule has 1 amide bonds. The van der Waals surface area contributed by atoms with Gasteiger partial charge in [-0.3, -0.25) is 4.79 Å². The fraction of sp³-hybridized carbons (Fsp3) is 0.222. The molecule has 0 unspecified atom stereocenters. The van der Waals surface area contributed by atoms with E-state index in [2.05, 4.69) is 21.4 Å². The monoisotopic (exact) mass is 304 g/mol. The van der Waals surface area contributed by atoms with Crippen molar-refractivity contribution in [2.45, 2.75) is 19.8 Å². The first-order valence-corrected chi connectivity index (χ1v) is 7.48. The fourth-order valence-electron chi connectivity index (χ4n) is 2.72. The Hall–Kier alpha value is -3.00. The second kappa shape index (κ2) is 6.41. The van der Waals surface area contributed by atoms with Crippen LogP contribution in [-0.2, 0) is 4.79 Å². The third-order valence-electron chi connectivity index (χ3n) is 3.98. The van der Waals surface area contributed by atoms with Gasteiger partial charge >= 0.3 is 0 Å². The van der Waals surface area contributed by atoms with E-state index in [-0.39, 0.29) is 5.91 Å². The molecule has 1 fully saturated rings. The number of carbonyl (C=O) groups is 1. The standard InChI is InChI=1S/C18H16N4O/c1-12-15(7-14-3-2-4-22-18(14)23)5-13(8-19)6-17(12)16-9-20-11-21-10-16/h5-7,9-11H,2-4H2,1H3,(H,22,23)/b14-7+. The van der Waals surface area contributed by atoms with Gasteiger partial charge in [-0.2, -0.15) is 5.26 Å². The maximum Gasteiger partial charge on any atom is 0.247 e. The largest absolute Gasteiger partial charge is 0.352 e. The van der Waals surface area contributed by atoms with Gasteiger partial charge in [0.15, 0.2) is 0 Å². The molecule has 1 aromatic heterocycles. The number of amides is 1. The minimum absolute atomic E-state index is 0.0254. The van der Waals surface area contributed by atoms with Crippen molar-refractivity contribution in [3.8, 4) is 17.2 Å². The van der Waals surface area contributed by atoms with Gasteiger partial charge in [0, 0.05) is 30.1 Å². The summed E-state index contributed by atoms with van der Waals surface area (Å²) in [4.78, 5) is 20.0. The summed E-state index contributed by atoms with van der Waals surface area (Å²) in [5, 5.41) is 12.2. The average Bonchev–Trinajstić information content (AvgIpc) is 2.59. The predicted octanol–water partition coefficient (Wildman–Crippen LogP) is 2.62. The molecule has 5 nitrogen and oxygen atoms in total. The molecule has 0 radical (unpaired) electrons. The number of benzene rings is 1. The highest BCUT2D eigenvalue weighted by atomic mass is 16.1. The van der Waals surface area contributed by atoms with Crippen molar-refractivity contribution in [1.29, 1.82) is 5.26 Å². The number of aromatic nitrogens is 2. The topological polar surface area (TPSA) is 78.7 Å². The van der Waals surface area contributed by atoms with E-state index in [1.54, 1.807) is 12.4 Å². The molecular weight excluding hydrogens is 288 g/mol. The van der Waals surface area contributed by atoms with Crippen LogP contribution in [0, 0.1) is 18.3 Å². The first-order chi connectivity index (χ1) is 11.2. The molecule has 3 rings (SSSR count). The summed E-state index contributed by atoms with van der Waals surface area (Å²) in [5.41, 5.74) is 4.96. The van der Waals surface area contributed by atoms with Crippen LogP contribution in [0.2, 0.25) is 0 Å². The quantitative estimate of drug-likeness (QED) is 0.865. The summed E-state index contributed by atoms with van der Waals surface area (Å²) in [6.45, 7) is 2.70. The molecular formula is C18H16N4O. The number of nitrogens with one attached hydrogen (secondary N) is 1. The number of nitrogens with zero attached hydrogens (tertiary/aromatic N) is 3. The van der Waals surface area contributed by atoms with Crippen molar-refractivity contribution in [1.82, 2.24) is 15.3 Å². The SMILES string of the molecule is Cc1c(/C=C2\CCCNC2=O)cc(C#N)cc1-c1cncnc1. The maximum absolute atomic E-state index is 12.0. The summed E-state index contributed by atoms with van der Waals surface area (Å²) in [5.74, 6) is -0.0254. The summed E-state index contributed by atoms with van der Waals surface area (Å²) in [6.07, 6.45) is 8.50. The van der Waals surface area contributed by atoms with Crippen molar-refractivity contribution in [3.63, 3.8) is 0 Å². The van der Waals surface area contributed by atoms with Gasteiger partial charge < -0.3 is 5.32 Å². The first kappa shape index (κ1) is 14.9. The molecule has 114 valence electrons. The van der Waals surface area contributed by atoms with Gasteiger partial charge in [0.1, 0.15) is 6.33 Å². The van der Waals surface area contributed by atoms with Crippen LogP contribution in [0.1, 0.15) is 29.5 Å². The van der Waals surface area contributed by atoms with Gasteiger partial charge in [0.2, 0.25) is 5.91 Å². The lowest BCUT2D eigenvalue weighted by Crippen LogP contribution is -2.30. The zero-order chi connectivity index (χ0) is 16.2. The van der Waals surface area contributed by atoms with Crippen LogP contribution in [0.15, 0.2) is 36.4 Å². The van der Waals surface area contributed by atoms with E-state index in [9.17, 15) is 10.1 Å². The third-order valence-corrected chi connectivity index (χ3v) is 3.98. The molecule has 1 aromatic carbocycles. The summed E-state index contributed by atoms with van der Waals surface area (Å²) < 4.78 is 0. The van der Waals surface area contributed by atoms with Crippen molar-refractivity contribution in [2.24, 2.45) is 0 Å². The number of piperidine rings is 1. The average molecular weight is 304 g/mol. The minimum atomic E-state index is -0.0254. The second-order valence-electron chi connectivity index (χ2n) is 5.51. The Kier molecular flexibility index (Phi) is 4.15. The molecule has 0 aliphatic carbocycles. The molecule has 1 aliphatic heterocycles. The molecule has 1 saturated heterocycles. The molecule has 0 bridgehead atoms. The predicted molar refractivity (Wildman–Crippen MR) is 87.1 cm³/mol. The molecule has 23 heavy (non-hydrogen) atoms. The number of hydrogen-bond donors (Lipinski definition) is 1. The van der Waals surface area contributed by atoms with Crippen molar-refractivity contribution in [3.05, 3.63) is 53.1 Å². The molecule has 0 saturated carbocycles. The normalized spacial score (nSPS) is 16.0. The van der Waals surface area contributed by atoms with Crippen LogP contribution < -0.4 is 5.32 Å². The van der Waals surface area contributed by atoms with Crippen LogP contribution in [0.3, 0.4) is 0 Å². The number of nitriles is 1. The van der Waals surface area contributed by atoms with E-state index < -0.39 is 0 Å². The van der Waals surface area contributed by atoms with Gasteiger partial charge in [-0.25, -0.2) is 9.97 Å². The highest BCUT2D eigenvalue weighted by Crippen LogP contribution is 2.28. The number of rotatable bonds is 2. The molecule has 5 heteroatoms. The van der Waals surface area contributed by atoms with Crippen LogP contribution in [0.5, 0.6) is 0 Å². The third kappa shape index (κ3) is 3.11. The van der Waals surface area contributed by atoms with Crippen LogP contribution in [0.4, 0.5) is 0 Å². The molecule has 0 spiro atoms. The van der Waals surface area contributed by atoms with Crippen molar-refractivity contribution < 1.29 is 4.79 Å². The molecule has 1 N–H and O–H groups in total. The Balaban J connectivity index is 2.12. The van der Waals surface area contributed by atoms with Gasteiger partial charge in [0.25, 0.3) is 0 Å². The van der Waals surface area contributed by atoms with Crippen molar-refractivity contribution in [2.75, 3.05) is 6.54 Å². The lowest BCUT2D eigenvalue weighted by molar-refractivity contribution is -0.118.